The number of fused-ring (bicyclic) bond motifs is 1. The second-order valence-corrected chi connectivity index (χ2v) is 4.48. The van der Waals surface area contributed by atoms with Crippen LogP contribution >= 0.6 is 0 Å². The highest BCUT2D eigenvalue weighted by Gasteiger charge is 2.12. The van der Waals surface area contributed by atoms with Crippen LogP contribution in [0.4, 0.5) is 0 Å². The molecule has 2 aromatic heterocycles. The standard InChI is InChI=1S/C14H11N5O2/c15-7-9-1-2-10-3-4-19(13(10)5-9)8-11-6-12(18-21-11)14(20)17-16/h1-6H,8,16H2,(H,17,20). The first-order valence-electron chi connectivity index (χ1n) is 6.17. The van der Waals surface area contributed by atoms with Crippen LogP contribution in [0.25, 0.3) is 10.9 Å². The molecule has 0 spiro atoms. The summed E-state index contributed by atoms with van der Waals surface area (Å²) in [6, 6.07) is 11.0. The first kappa shape index (κ1) is 12.9. The number of aromatic nitrogens is 2. The Bertz CT molecular complexity index is 856. The Morgan fingerprint density at radius 3 is 3.05 bits per heavy atom. The van der Waals surface area contributed by atoms with E-state index in [1.165, 1.54) is 6.07 Å². The molecule has 1 amide bonds. The number of rotatable bonds is 3. The summed E-state index contributed by atoms with van der Waals surface area (Å²) >= 11 is 0. The normalized spacial score (nSPS) is 10.5. The Balaban J connectivity index is 1.93. The van der Waals surface area contributed by atoms with Crippen molar-refractivity contribution in [2.45, 2.75) is 6.54 Å². The van der Waals surface area contributed by atoms with E-state index < -0.39 is 5.91 Å². The van der Waals surface area contributed by atoms with Gasteiger partial charge in [-0.3, -0.25) is 10.2 Å². The van der Waals surface area contributed by atoms with Gasteiger partial charge < -0.3 is 9.09 Å². The number of nitriles is 1. The van der Waals surface area contributed by atoms with Crippen LogP contribution in [0.5, 0.6) is 0 Å². The van der Waals surface area contributed by atoms with Crippen molar-refractivity contribution < 1.29 is 9.32 Å². The van der Waals surface area contributed by atoms with E-state index in [9.17, 15) is 4.79 Å². The van der Waals surface area contributed by atoms with Crippen molar-refractivity contribution in [1.29, 1.82) is 5.26 Å². The monoisotopic (exact) mass is 281 g/mol. The number of nitrogens with zero attached hydrogens (tertiary/aromatic N) is 3. The predicted molar refractivity (Wildman–Crippen MR) is 73.9 cm³/mol. The zero-order valence-electron chi connectivity index (χ0n) is 10.9. The number of amides is 1. The maximum absolute atomic E-state index is 11.3. The van der Waals surface area contributed by atoms with Gasteiger partial charge in [-0.05, 0) is 23.6 Å². The number of benzene rings is 1. The predicted octanol–water partition coefficient (Wildman–Crippen LogP) is 1.15. The van der Waals surface area contributed by atoms with Crippen LogP contribution in [-0.4, -0.2) is 15.6 Å². The number of hydrazine groups is 1. The lowest BCUT2D eigenvalue weighted by atomic mass is 10.2. The summed E-state index contributed by atoms with van der Waals surface area (Å²) in [6.45, 7) is 0.406. The maximum Gasteiger partial charge on any atom is 0.287 e. The summed E-state index contributed by atoms with van der Waals surface area (Å²) < 4.78 is 7.03. The van der Waals surface area contributed by atoms with Gasteiger partial charge in [0.15, 0.2) is 11.5 Å². The molecule has 0 saturated carbocycles. The summed E-state index contributed by atoms with van der Waals surface area (Å²) in [5, 5.41) is 13.6. The van der Waals surface area contributed by atoms with Crippen LogP contribution < -0.4 is 11.3 Å². The second-order valence-electron chi connectivity index (χ2n) is 4.48. The van der Waals surface area contributed by atoms with Crippen molar-refractivity contribution in [3.05, 3.63) is 53.5 Å². The van der Waals surface area contributed by atoms with Crippen LogP contribution in [0.1, 0.15) is 21.8 Å². The van der Waals surface area contributed by atoms with Crippen molar-refractivity contribution in [1.82, 2.24) is 15.1 Å². The van der Waals surface area contributed by atoms with Gasteiger partial charge in [-0.1, -0.05) is 11.2 Å². The molecule has 21 heavy (non-hydrogen) atoms. The molecule has 3 rings (SSSR count). The van der Waals surface area contributed by atoms with E-state index in [2.05, 4.69) is 11.2 Å². The van der Waals surface area contributed by atoms with E-state index in [0.29, 0.717) is 17.9 Å². The highest BCUT2D eigenvalue weighted by molar-refractivity contribution is 5.91. The van der Waals surface area contributed by atoms with Crippen LogP contribution in [0.15, 0.2) is 41.1 Å². The third-order valence-corrected chi connectivity index (χ3v) is 3.15. The van der Waals surface area contributed by atoms with Crippen LogP contribution in [-0.2, 0) is 6.54 Å². The average Bonchev–Trinajstić information content (AvgIpc) is 3.14. The molecule has 0 bridgehead atoms. The minimum Gasteiger partial charge on any atom is -0.359 e. The minimum atomic E-state index is -0.505. The molecule has 3 N–H and O–H groups in total. The zero-order chi connectivity index (χ0) is 14.8. The minimum absolute atomic E-state index is 0.127. The Kier molecular flexibility index (Phi) is 3.14. The Morgan fingerprint density at radius 1 is 1.43 bits per heavy atom. The number of hydrogen-bond acceptors (Lipinski definition) is 5. The molecule has 0 saturated heterocycles. The average molecular weight is 281 g/mol. The lowest BCUT2D eigenvalue weighted by Crippen LogP contribution is -2.30. The summed E-state index contributed by atoms with van der Waals surface area (Å²) in [4.78, 5) is 11.3. The SMILES string of the molecule is N#Cc1ccc2ccn(Cc3cc(C(=O)NN)no3)c2c1. The molecule has 0 aliphatic carbocycles. The fourth-order valence-corrected chi connectivity index (χ4v) is 2.13. The molecule has 0 fully saturated rings. The lowest BCUT2D eigenvalue weighted by Gasteiger charge is -2.02. The summed E-state index contributed by atoms with van der Waals surface area (Å²) in [7, 11) is 0. The van der Waals surface area contributed by atoms with Crippen LogP contribution in [0.3, 0.4) is 0 Å². The molecule has 104 valence electrons. The van der Waals surface area contributed by atoms with Crippen LogP contribution in [0, 0.1) is 11.3 Å². The largest absolute Gasteiger partial charge is 0.359 e. The molecular formula is C14H11N5O2. The van der Waals surface area contributed by atoms with Gasteiger partial charge in [-0.25, -0.2) is 5.84 Å². The Hall–Kier alpha value is -3.11. The quantitative estimate of drug-likeness (QED) is 0.425. The van der Waals surface area contributed by atoms with Crippen molar-refractivity contribution in [3.63, 3.8) is 0 Å². The number of nitrogen functional groups attached to an aromatic ring is 1. The van der Waals surface area contributed by atoms with E-state index in [1.54, 1.807) is 12.1 Å². The highest BCUT2D eigenvalue weighted by Crippen LogP contribution is 2.19. The van der Waals surface area contributed by atoms with Crippen molar-refractivity contribution in [2.75, 3.05) is 0 Å². The van der Waals surface area contributed by atoms with Crippen molar-refractivity contribution in [2.24, 2.45) is 5.84 Å². The second kappa shape index (κ2) is 5.11. The fourth-order valence-electron chi connectivity index (χ4n) is 2.13. The molecule has 7 nitrogen and oxygen atoms in total. The molecule has 3 aromatic rings. The van der Waals surface area contributed by atoms with Gasteiger partial charge in [-0.2, -0.15) is 5.26 Å². The first-order valence-corrected chi connectivity index (χ1v) is 6.17. The molecule has 7 heteroatoms. The number of nitrogens with two attached hydrogens (primary N) is 1. The van der Waals surface area contributed by atoms with E-state index in [4.69, 9.17) is 15.6 Å². The number of nitrogens with one attached hydrogen (secondary N) is 1. The summed E-state index contributed by atoms with van der Waals surface area (Å²) in [5.74, 6) is 5.05. The molecule has 2 heterocycles. The maximum atomic E-state index is 11.3. The molecule has 1 aromatic carbocycles. The molecule has 0 radical (unpaired) electrons. The summed E-state index contributed by atoms with van der Waals surface area (Å²) in [5.41, 5.74) is 3.62. The van der Waals surface area contributed by atoms with Gasteiger partial charge >= 0.3 is 0 Å². The van der Waals surface area contributed by atoms with Gasteiger partial charge in [0, 0.05) is 17.8 Å². The number of carbonyl (C=O) groups is 1. The van der Waals surface area contributed by atoms with E-state index in [0.717, 1.165) is 10.9 Å². The topological polar surface area (TPSA) is 110 Å². The lowest BCUT2D eigenvalue weighted by molar-refractivity contribution is 0.0944. The Morgan fingerprint density at radius 2 is 2.29 bits per heavy atom. The van der Waals surface area contributed by atoms with Crippen molar-refractivity contribution >= 4 is 16.8 Å². The van der Waals surface area contributed by atoms with E-state index in [-0.39, 0.29) is 5.69 Å². The summed E-state index contributed by atoms with van der Waals surface area (Å²) in [6.07, 6.45) is 1.89. The van der Waals surface area contributed by atoms with Gasteiger partial charge in [0.05, 0.1) is 18.2 Å². The van der Waals surface area contributed by atoms with Gasteiger partial charge in [-0.15, -0.1) is 0 Å². The molecule has 0 aliphatic heterocycles. The third-order valence-electron chi connectivity index (χ3n) is 3.15. The molecule has 0 atom stereocenters. The highest BCUT2D eigenvalue weighted by atomic mass is 16.5. The van der Waals surface area contributed by atoms with Gasteiger partial charge in [0.1, 0.15) is 0 Å². The fraction of sp³-hybridized carbons (Fsp3) is 0.0714. The van der Waals surface area contributed by atoms with E-state index in [1.807, 2.05) is 28.3 Å². The molecule has 0 aliphatic rings. The first-order chi connectivity index (χ1) is 10.2. The molecule has 0 unspecified atom stereocenters. The Labute approximate surface area is 119 Å². The zero-order valence-corrected chi connectivity index (χ0v) is 10.9. The number of hydrogen-bond donors (Lipinski definition) is 2. The number of carbonyl (C=O) groups excluding carboxylic acids is 1. The smallest absolute Gasteiger partial charge is 0.287 e. The third kappa shape index (κ3) is 2.35. The van der Waals surface area contributed by atoms with Gasteiger partial charge in [0.25, 0.3) is 5.91 Å². The van der Waals surface area contributed by atoms with Gasteiger partial charge in [0.2, 0.25) is 0 Å². The van der Waals surface area contributed by atoms with E-state index >= 15 is 0 Å². The van der Waals surface area contributed by atoms with Crippen LogP contribution in [0.2, 0.25) is 0 Å². The van der Waals surface area contributed by atoms with Crippen molar-refractivity contribution in [3.8, 4) is 6.07 Å². The molecular weight excluding hydrogens is 270 g/mol.